The summed E-state index contributed by atoms with van der Waals surface area (Å²) in [5.74, 6) is 0.852. The quantitative estimate of drug-likeness (QED) is 0.915. The number of sulfonamides is 1. The van der Waals surface area contributed by atoms with Crippen LogP contribution < -0.4 is 9.46 Å². The molecule has 1 aliphatic heterocycles. The Labute approximate surface area is 108 Å². The Bertz CT molecular complexity index is 537. The normalized spacial score (nSPS) is 22.1. The van der Waals surface area contributed by atoms with Gasteiger partial charge in [0.25, 0.3) is 0 Å². The van der Waals surface area contributed by atoms with Crippen molar-refractivity contribution < 1.29 is 13.2 Å². The maximum atomic E-state index is 11.7. The van der Waals surface area contributed by atoms with Gasteiger partial charge in [0, 0.05) is 12.0 Å². The summed E-state index contributed by atoms with van der Waals surface area (Å²) >= 11 is 0. The summed E-state index contributed by atoms with van der Waals surface area (Å²) in [6.45, 7) is 5.57. The maximum Gasteiger partial charge on any atom is 0.211 e. The molecule has 1 aromatic rings. The van der Waals surface area contributed by atoms with E-state index in [0.29, 0.717) is 6.42 Å². The largest absolute Gasteiger partial charge is 0.487 e. The molecule has 5 heteroatoms. The van der Waals surface area contributed by atoms with Gasteiger partial charge in [0.05, 0.1) is 11.8 Å². The zero-order chi connectivity index (χ0) is 13.4. The van der Waals surface area contributed by atoms with Gasteiger partial charge in [0.1, 0.15) is 11.4 Å². The number of rotatable bonds is 3. The lowest BCUT2D eigenvalue weighted by Crippen LogP contribution is -2.41. The van der Waals surface area contributed by atoms with Gasteiger partial charge < -0.3 is 4.74 Å². The van der Waals surface area contributed by atoms with Crippen LogP contribution in [-0.2, 0) is 10.0 Å². The lowest BCUT2D eigenvalue weighted by Gasteiger charge is -2.37. The van der Waals surface area contributed by atoms with Crippen LogP contribution in [0.1, 0.15) is 38.8 Å². The molecule has 18 heavy (non-hydrogen) atoms. The first-order chi connectivity index (χ1) is 8.33. The van der Waals surface area contributed by atoms with Crippen molar-refractivity contribution in [1.29, 1.82) is 0 Å². The lowest BCUT2D eigenvalue weighted by atomic mass is 9.90. The SMILES string of the molecule is CCS(=O)(=O)NC1CC(C)(C)Oc2ccccc21. The molecule has 1 aliphatic rings. The van der Waals surface area contributed by atoms with Crippen LogP contribution in [-0.4, -0.2) is 19.8 Å². The van der Waals surface area contributed by atoms with E-state index in [2.05, 4.69) is 4.72 Å². The number of hydrogen-bond acceptors (Lipinski definition) is 3. The second-order valence-corrected chi connectivity index (χ2v) is 7.22. The van der Waals surface area contributed by atoms with Gasteiger partial charge in [-0.05, 0) is 26.8 Å². The van der Waals surface area contributed by atoms with Crippen molar-refractivity contribution in [2.75, 3.05) is 5.75 Å². The van der Waals surface area contributed by atoms with Crippen molar-refractivity contribution >= 4 is 10.0 Å². The van der Waals surface area contributed by atoms with E-state index in [4.69, 9.17) is 4.74 Å². The summed E-state index contributed by atoms with van der Waals surface area (Å²) in [7, 11) is -3.22. The second-order valence-electron chi connectivity index (χ2n) is 5.18. The third kappa shape index (κ3) is 2.84. The molecule has 1 atom stereocenters. The predicted octanol–water partition coefficient (Wildman–Crippen LogP) is 2.23. The molecule has 0 saturated heterocycles. The Morgan fingerprint density at radius 1 is 1.39 bits per heavy atom. The fraction of sp³-hybridized carbons (Fsp3) is 0.538. The summed E-state index contributed by atoms with van der Waals surface area (Å²) in [6, 6.07) is 7.37. The average molecular weight is 269 g/mol. The standard InChI is InChI=1S/C13H19NO3S/c1-4-18(15,16)14-11-9-13(2,3)17-12-8-6-5-7-10(11)12/h5-8,11,14H,4,9H2,1-3H3. The van der Waals surface area contributed by atoms with Crippen molar-refractivity contribution in [1.82, 2.24) is 4.72 Å². The van der Waals surface area contributed by atoms with Gasteiger partial charge >= 0.3 is 0 Å². The third-order valence-corrected chi connectivity index (χ3v) is 4.48. The first kappa shape index (κ1) is 13.4. The van der Waals surface area contributed by atoms with Crippen LogP contribution in [0, 0.1) is 0 Å². The summed E-state index contributed by atoms with van der Waals surface area (Å²) < 4.78 is 32.1. The Balaban J connectivity index is 2.36. The van der Waals surface area contributed by atoms with Crippen LogP contribution in [0.2, 0.25) is 0 Å². The van der Waals surface area contributed by atoms with Crippen LogP contribution in [0.15, 0.2) is 24.3 Å². The highest BCUT2D eigenvalue weighted by Crippen LogP contribution is 2.39. The van der Waals surface area contributed by atoms with Crippen LogP contribution in [0.25, 0.3) is 0 Å². The summed E-state index contributed by atoms with van der Waals surface area (Å²) in [5.41, 5.74) is 0.545. The molecule has 1 aromatic carbocycles. The fourth-order valence-corrected chi connectivity index (χ4v) is 3.02. The number of hydrogen-bond donors (Lipinski definition) is 1. The number of para-hydroxylation sites is 1. The van der Waals surface area contributed by atoms with Crippen molar-refractivity contribution in [3.63, 3.8) is 0 Å². The zero-order valence-corrected chi connectivity index (χ0v) is 11.8. The molecule has 2 rings (SSSR count). The summed E-state index contributed by atoms with van der Waals surface area (Å²) in [5, 5.41) is 0. The average Bonchev–Trinajstić information content (AvgIpc) is 2.27. The number of nitrogens with one attached hydrogen (secondary N) is 1. The van der Waals surface area contributed by atoms with E-state index >= 15 is 0 Å². The van der Waals surface area contributed by atoms with Gasteiger partial charge in [-0.25, -0.2) is 13.1 Å². The summed E-state index contributed by atoms with van der Waals surface area (Å²) in [6.07, 6.45) is 0.628. The molecule has 4 nitrogen and oxygen atoms in total. The van der Waals surface area contributed by atoms with Gasteiger partial charge in [0.2, 0.25) is 10.0 Å². The molecular weight excluding hydrogens is 250 g/mol. The molecule has 0 saturated carbocycles. The molecule has 0 spiro atoms. The van der Waals surface area contributed by atoms with Gasteiger partial charge in [-0.2, -0.15) is 0 Å². The lowest BCUT2D eigenvalue weighted by molar-refractivity contribution is 0.0702. The van der Waals surface area contributed by atoms with Crippen LogP contribution in [0.5, 0.6) is 5.75 Å². The molecule has 0 amide bonds. The van der Waals surface area contributed by atoms with E-state index in [9.17, 15) is 8.42 Å². The van der Waals surface area contributed by atoms with E-state index in [1.807, 2.05) is 38.1 Å². The molecule has 1 heterocycles. The molecule has 1 unspecified atom stereocenters. The number of fused-ring (bicyclic) bond motifs is 1. The topological polar surface area (TPSA) is 55.4 Å². The highest BCUT2D eigenvalue weighted by molar-refractivity contribution is 7.89. The Hall–Kier alpha value is -1.07. The van der Waals surface area contributed by atoms with Crippen LogP contribution >= 0.6 is 0 Å². The van der Waals surface area contributed by atoms with Gasteiger partial charge in [0.15, 0.2) is 0 Å². The van der Waals surface area contributed by atoms with Crippen molar-refractivity contribution in [2.24, 2.45) is 0 Å². The third-order valence-electron chi connectivity index (χ3n) is 3.08. The van der Waals surface area contributed by atoms with Crippen molar-refractivity contribution in [2.45, 2.75) is 38.8 Å². The van der Waals surface area contributed by atoms with E-state index in [1.165, 1.54) is 0 Å². The monoisotopic (exact) mass is 269 g/mol. The first-order valence-corrected chi connectivity index (χ1v) is 7.76. The molecule has 1 N–H and O–H groups in total. The van der Waals surface area contributed by atoms with Gasteiger partial charge in [-0.3, -0.25) is 0 Å². The van der Waals surface area contributed by atoms with Gasteiger partial charge in [-0.15, -0.1) is 0 Å². The number of ether oxygens (including phenoxy) is 1. The molecular formula is C13H19NO3S. The Morgan fingerprint density at radius 3 is 2.72 bits per heavy atom. The Morgan fingerprint density at radius 2 is 2.06 bits per heavy atom. The van der Waals surface area contributed by atoms with E-state index in [-0.39, 0.29) is 17.4 Å². The minimum absolute atomic E-state index is 0.0902. The highest BCUT2D eigenvalue weighted by atomic mass is 32.2. The molecule has 0 radical (unpaired) electrons. The Kier molecular flexibility index (Phi) is 3.38. The molecule has 0 fully saturated rings. The minimum Gasteiger partial charge on any atom is -0.487 e. The number of benzene rings is 1. The second kappa shape index (κ2) is 4.55. The van der Waals surface area contributed by atoms with Crippen LogP contribution in [0.3, 0.4) is 0 Å². The molecule has 100 valence electrons. The summed E-state index contributed by atoms with van der Waals surface area (Å²) in [4.78, 5) is 0. The first-order valence-electron chi connectivity index (χ1n) is 6.11. The molecule has 0 aromatic heterocycles. The van der Waals surface area contributed by atoms with E-state index in [0.717, 1.165) is 11.3 Å². The maximum absolute atomic E-state index is 11.7. The highest BCUT2D eigenvalue weighted by Gasteiger charge is 2.35. The van der Waals surface area contributed by atoms with Gasteiger partial charge in [-0.1, -0.05) is 18.2 Å². The smallest absolute Gasteiger partial charge is 0.211 e. The fourth-order valence-electron chi connectivity index (χ4n) is 2.21. The van der Waals surface area contributed by atoms with Crippen LogP contribution in [0.4, 0.5) is 0 Å². The molecule has 0 bridgehead atoms. The minimum atomic E-state index is -3.22. The van der Waals surface area contributed by atoms with E-state index in [1.54, 1.807) is 6.92 Å². The molecule has 0 aliphatic carbocycles. The van der Waals surface area contributed by atoms with E-state index < -0.39 is 10.0 Å². The van der Waals surface area contributed by atoms with Crippen molar-refractivity contribution in [3.05, 3.63) is 29.8 Å². The predicted molar refractivity (Wildman–Crippen MR) is 71.1 cm³/mol. The zero-order valence-electron chi connectivity index (χ0n) is 10.9. The van der Waals surface area contributed by atoms with Crippen molar-refractivity contribution in [3.8, 4) is 5.75 Å².